The first-order valence-electron chi connectivity index (χ1n) is 8.52. The number of benzene rings is 1. The van der Waals surface area contributed by atoms with Gasteiger partial charge in [0, 0.05) is 28.0 Å². The van der Waals surface area contributed by atoms with E-state index in [4.69, 9.17) is 16.3 Å². The van der Waals surface area contributed by atoms with Crippen LogP contribution in [0.2, 0.25) is 5.02 Å². The van der Waals surface area contributed by atoms with Gasteiger partial charge in [-0.2, -0.15) is 0 Å². The zero-order chi connectivity index (χ0) is 19.8. The number of esters is 1. The molecule has 2 aromatic rings. The minimum atomic E-state index is -3.03. The van der Waals surface area contributed by atoms with Gasteiger partial charge in [0.15, 0.2) is 16.4 Å². The molecule has 2 heterocycles. The molecule has 1 aliphatic rings. The van der Waals surface area contributed by atoms with Gasteiger partial charge in [0.1, 0.15) is 0 Å². The van der Waals surface area contributed by atoms with Crippen LogP contribution in [0.25, 0.3) is 0 Å². The van der Waals surface area contributed by atoms with Crippen molar-refractivity contribution < 1.29 is 22.7 Å². The summed E-state index contributed by atoms with van der Waals surface area (Å²) in [6.07, 6.45) is 0.538. The Kier molecular flexibility index (Phi) is 5.44. The normalized spacial score (nSPS) is 18.4. The number of aryl methyl sites for hydroxylation is 1. The molecule has 0 aliphatic carbocycles. The fourth-order valence-corrected chi connectivity index (χ4v) is 5.40. The van der Waals surface area contributed by atoms with Crippen LogP contribution in [-0.2, 0) is 14.6 Å². The van der Waals surface area contributed by atoms with Gasteiger partial charge in [0.05, 0.1) is 17.1 Å². The number of hydrogen-bond acceptors (Lipinski definition) is 5. The van der Waals surface area contributed by atoms with Crippen LogP contribution in [0, 0.1) is 13.8 Å². The van der Waals surface area contributed by atoms with E-state index < -0.39 is 22.4 Å². The average Bonchev–Trinajstić information content (AvgIpc) is 3.10. The summed E-state index contributed by atoms with van der Waals surface area (Å²) < 4.78 is 30.5. The topological polar surface area (TPSA) is 82.4 Å². The first kappa shape index (κ1) is 19.6. The van der Waals surface area contributed by atoms with Crippen LogP contribution in [0.15, 0.2) is 30.3 Å². The molecule has 1 fully saturated rings. The molecule has 1 aromatic carbocycles. The van der Waals surface area contributed by atoms with Gasteiger partial charge in [0.25, 0.3) is 0 Å². The lowest BCUT2D eigenvalue weighted by atomic mass is 10.1. The minimum absolute atomic E-state index is 0.0841. The fraction of sp³-hybridized carbons (Fsp3) is 0.368. The van der Waals surface area contributed by atoms with Gasteiger partial charge in [0.2, 0.25) is 5.78 Å². The molecule has 3 rings (SSSR count). The number of halogens is 1. The summed E-state index contributed by atoms with van der Waals surface area (Å²) in [6, 6.07) is 7.86. The summed E-state index contributed by atoms with van der Waals surface area (Å²) in [5, 5.41) is 0.408. The van der Waals surface area contributed by atoms with E-state index >= 15 is 0 Å². The molecule has 6 nitrogen and oxygen atoms in total. The summed E-state index contributed by atoms with van der Waals surface area (Å²) in [5.41, 5.74) is 2.23. The number of Topliss-reactive ketones (excluding diaryl/α,β-unsaturated/α-hetero) is 1. The van der Waals surface area contributed by atoms with E-state index in [1.54, 1.807) is 31.2 Å². The quantitative estimate of drug-likeness (QED) is 0.559. The molecule has 144 valence electrons. The third-order valence-electron chi connectivity index (χ3n) is 4.75. The maximum Gasteiger partial charge on any atom is 0.338 e. The van der Waals surface area contributed by atoms with Gasteiger partial charge in [-0.05, 0) is 44.5 Å². The Hall–Kier alpha value is -2.12. The number of aromatic nitrogens is 1. The monoisotopic (exact) mass is 409 g/mol. The van der Waals surface area contributed by atoms with E-state index in [1.165, 1.54) is 6.07 Å². The predicted molar refractivity (Wildman–Crippen MR) is 102 cm³/mol. The van der Waals surface area contributed by atoms with Crippen molar-refractivity contribution in [1.29, 1.82) is 0 Å². The average molecular weight is 410 g/mol. The lowest BCUT2D eigenvalue weighted by Crippen LogP contribution is -2.17. The number of carbonyl (C=O) groups excluding carboxylic acids is 2. The first-order valence-corrected chi connectivity index (χ1v) is 10.7. The SMILES string of the molecule is Cc1cc(C(=O)COC(=O)c2cccc(Cl)c2)c(C)n1[C@@H]1CCS(=O)(=O)C1. The summed E-state index contributed by atoms with van der Waals surface area (Å²) >= 11 is 5.85. The third kappa shape index (κ3) is 4.25. The summed E-state index contributed by atoms with van der Waals surface area (Å²) in [5.74, 6) is -0.706. The molecule has 0 spiro atoms. The highest BCUT2D eigenvalue weighted by molar-refractivity contribution is 7.91. The molecule has 1 saturated heterocycles. The number of ketones is 1. The van der Waals surface area contributed by atoms with E-state index in [0.29, 0.717) is 22.7 Å². The van der Waals surface area contributed by atoms with Crippen molar-refractivity contribution in [2.75, 3.05) is 18.1 Å². The van der Waals surface area contributed by atoms with Crippen LogP contribution < -0.4 is 0 Å². The van der Waals surface area contributed by atoms with E-state index in [9.17, 15) is 18.0 Å². The molecule has 1 aromatic heterocycles. The van der Waals surface area contributed by atoms with Crippen LogP contribution in [0.4, 0.5) is 0 Å². The first-order chi connectivity index (χ1) is 12.7. The largest absolute Gasteiger partial charge is 0.454 e. The van der Waals surface area contributed by atoms with Gasteiger partial charge in [-0.3, -0.25) is 4.79 Å². The second kappa shape index (κ2) is 7.48. The molecule has 1 atom stereocenters. The summed E-state index contributed by atoms with van der Waals surface area (Å²) in [4.78, 5) is 24.6. The van der Waals surface area contributed by atoms with E-state index in [1.807, 2.05) is 11.5 Å². The van der Waals surface area contributed by atoms with Crippen molar-refractivity contribution in [3.05, 3.63) is 57.9 Å². The number of rotatable bonds is 5. The van der Waals surface area contributed by atoms with Crippen molar-refractivity contribution in [2.24, 2.45) is 0 Å². The minimum Gasteiger partial charge on any atom is -0.454 e. The van der Waals surface area contributed by atoms with Crippen LogP contribution >= 0.6 is 11.6 Å². The van der Waals surface area contributed by atoms with Crippen molar-refractivity contribution in [1.82, 2.24) is 4.57 Å². The standard InChI is InChI=1S/C19H20ClNO5S/c1-12-8-17(13(2)21(12)16-6-7-27(24,25)11-16)18(22)10-26-19(23)14-4-3-5-15(20)9-14/h3-5,8-9,16H,6-7,10-11H2,1-2H3/t16-/m1/s1. The van der Waals surface area contributed by atoms with Gasteiger partial charge < -0.3 is 9.30 Å². The Morgan fingerprint density at radius 3 is 2.63 bits per heavy atom. The Labute approximate surface area is 163 Å². The van der Waals surface area contributed by atoms with Crippen molar-refractivity contribution >= 4 is 33.2 Å². The van der Waals surface area contributed by atoms with E-state index in [0.717, 1.165) is 5.69 Å². The highest BCUT2D eigenvalue weighted by atomic mass is 35.5. The molecule has 8 heteroatoms. The highest BCUT2D eigenvalue weighted by Crippen LogP contribution is 2.29. The second-order valence-electron chi connectivity index (χ2n) is 6.72. The summed E-state index contributed by atoms with van der Waals surface area (Å²) in [6.45, 7) is 3.23. The van der Waals surface area contributed by atoms with Gasteiger partial charge in [-0.15, -0.1) is 0 Å². The number of carbonyl (C=O) groups is 2. The molecule has 27 heavy (non-hydrogen) atoms. The molecule has 0 radical (unpaired) electrons. The summed E-state index contributed by atoms with van der Waals surface area (Å²) in [7, 11) is -3.03. The van der Waals surface area contributed by atoms with Gasteiger partial charge in [-0.25, -0.2) is 13.2 Å². The fourth-order valence-electron chi connectivity index (χ4n) is 3.51. The molecular formula is C19H20ClNO5S. The maximum absolute atomic E-state index is 12.5. The zero-order valence-corrected chi connectivity index (χ0v) is 16.6. The molecule has 0 amide bonds. The lowest BCUT2D eigenvalue weighted by Gasteiger charge is -2.16. The number of sulfone groups is 1. The molecule has 0 bridgehead atoms. The van der Waals surface area contributed by atoms with Crippen LogP contribution in [-0.4, -0.2) is 42.9 Å². The molecular weight excluding hydrogens is 390 g/mol. The molecule has 0 N–H and O–H groups in total. The number of nitrogens with zero attached hydrogens (tertiary/aromatic N) is 1. The zero-order valence-electron chi connectivity index (χ0n) is 15.1. The van der Waals surface area contributed by atoms with Crippen molar-refractivity contribution in [2.45, 2.75) is 26.3 Å². The molecule has 0 unspecified atom stereocenters. The van der Waals surface area contributed by atoms with E-state index in [2.05, 4.69) is 0 Å². The molecule has 0 saturated carbocycles. The van der Waals surface area contributed by atoms with Crippen molar-refractivity contribution in [3.63, 3.8) is 0 Å². The Bertz CT molecular complexity index is 1010. The van der Waals surface area contributed by atoms with Crippen molar-refractivity contribution in [3.8, 4) is 0 Å². The number of hydrogen-bond donors (Lipinski definition) is 0. The van der Waals surface area contributed by atoms with Crippen LogP contribution in [0.5, 0.6) is 0 Å². The second-order valence-corrected chi connectivity index (χ2v) is 9.39. The smallest absolute Gasteiger partial charge is 0.338 e. The van der Waals surface area contributed by atoms with E-state index in [-0.39, 0.29) is 28.9 Å². The third-order valence-corrected chi connectivity index (χ3v) is 6.74. The Morgan fingerprint density at radius 2 is 2.00 bits per heavy atom. The maximum atomic E-state index is 12.5. The van der Waals surface area contributed by atoms with Gasteiger partial charge in [-0.1, -0.05) is 17.7 Å². The Balaban J connectivity index is 1.72. The van der Waals surface area contributed by atoms with Crippen LogP contribution in [0.3, 0.4) is 0 Å². The molecule has 1 aliphatic heterocycles. The lowest BCUT2D eigenvalue weighted by molar-refractivity contribution is 0.0474. The predicted octanol–water partition coefficient (Wildman–Crippen LogP) is 3.16. The van der Waals surface area contributed by atoms with Crippen LogP contribution in [0.1, 0.15) is 44.6 Å². The Morgan fingerprint density at radius 1 is 1.26 bits per heavy atom. The van der Waals surface area contributed by atoms with Gasteiger partial charge >= 0.3 is 5.97 Å². The highest BCUT2D eigenvalue weighted by Gasteiger charge is 2.31. The number of ether oxygens (including phenoxy) is 1.